The summed E-state index contributed by atoms with van der Waals surface area (Å²) in [5, 5.41) is 0. The Labute approximate surface area is 79.6 Å². The molecule has 0 saturated heterocycles. The average Bonchev–Trinajstić information content (AvgIpc) is 1.64. The smallest absolute Gasteiger partial charge is 0.00239 e. The van der Waals surface area contributed by atoms with Crippen LogP contribution in [0.5, 0.6) is 0 Å². The summed E-state index contributed by atoms with van der Waals surface area (Å²) in [6.45, 7) is 11.9. The van der Waals surface area contributed by atoms with Gasteiger partial charge in [-0.1, -0.05) is 34.6 Å². The van der Waals surface area contributed by atoms with E-state index in [0.717, 1.165) is 6.54 Å². The van der Waals surface area contributed by atoms with Crippen LogP contribution in [0.1, 0.15) is 34.6 Å². The van der Waals surface area contributed by atoms with Crippen LogP contribution in [0.4, 0.5) is 0 Å². The van der Waals surface area contributed by atoms with Crippen LogP contribution < -0.4 is 0 Å². The number of hydrogen-bond donors (Lipinski definition) is 0. The molecule has 0 aliphatic carbocycles. The molecule has 0 aromatic carbocycles. The summed E-state index contributed by atoms with van der Waals surface area (Å²) in [5.74, 6) is 0. The quantitative estimate of drug-likeness (QED) is 0.598. The third-order valence-electron chi connectivity index (χ3n) is 0.791. The molecule has 0 aromatic rings. The zero-order valence-electron chi connectivity index (χ0n) is 9.15. The Morgan fingerprint density at radius 1 is 1.00 bits per heavy atom. The van der Waals surface area contributed by atoms with Gasteiger partial charge in [0.2, 0.25) is 0 Å². The van der Waals surface area contributed by atoms with Crippen molar-refractivity contribution >= 4 is 13.5 Å². The van der Waals surface area contributed by atoms with Crippen molar-refractivity contribution < 1.29 is 0 Å². The molecule has 0 amide bonds. The summed E-state index contributed by atoms with van der Waals surface area (Å²) in [5.41, 5.74) is 0.448. The Balaban J connectivity index is -0.000000196. The first-order valence-electron chi connectivity index (χ1n) is 4.06. The Morgan fingerprint density at radius 2 is 1.27 bits per heavy atom. The Kier molecular flexibility index (Phi) is 13.3. The maximum absolute atomic E-state index is 2.24. The fraction of sp³-hybridized carbons (Fsp3) is 1.00. The largest absolute Gasteiger partial charge is 0.309 e. The van der Waals surface area contributed by atoms with Gasteiger partial charge in [-0.3, -0.25) is 0 Å². The van der Waals surface area contributed by atoms with Gasteiger partial charge in [-0.2, -0.15) is 13.5 Å². The summed E-state index contributed by atoms with van der Waals surface area (Å²) in [6.07, 6.45) is 0. The van der Waals surface area contributed by atoms with Crippen molar-refractivity contribution in [1.82, 2.24) is 4.90 Å². The van der Waals surface area contributed by atoms with Crippen molar-refractivity contribution in [2.24, 2.45) is 5.41 Å². The SMILES string of the molecule is CC.CN(C)CC(C)(C)C.S. The van der Waals surface area contributed by atoms with Crippen molar-refractivity contribution in [3.63, 3.8) is 0 Å². The van der Waals surface area contributed by atoms with Crippen molar-refractivity contribution in [2.45, 2.75) is 34.6 Å². The molecule has 2 heteroatoms. The normalized spacial score (nSPS) is 9.82. The molecular formula is C9H25NS. The summed E-state index contributed by atoms with van der Waals surface area (Å²) in [4.78, 5) is 2.21. The van der Waals surface area contributed by atoms with Crippen LogP contribution in [0.15, 0.2) is 0 Å². The highest BCUT2D eigenvalue weighted by molar-refractivity contribution is 7.59. The number of hydrogen-bond acceptors (Lipinski definition) is 1. The molecule has 0 spiro atoms. The monoisotopic (exact) mass is 179 g/mol. The molecule has 0 bridgehead atoms. The van der Waals surface area contributed by atoms with E-state index < -0.39 is 0 Å². The molecule has 0 atom stereocenters. The predicted octanol–water partition coefficient (Wildman–Crippen LogP) is 2.73. The second-order valence-corrected chi connectivity index (χ2v) is 3.80. The van der Waals surface area contributed by atoms with E-state index in [9.17, 15) is 0 Å². The van der Waals surface area contributed by atoms with Crippen LogP contribution in [0.2, 0.25) is 0 Å². The van der Waals surface area contributed by atoms with Gasteiger partial charge in [0.25, 0.3) is 0 Å². The van der Waals surface area contributed by atoms with Crippen molar-refractivity contribution in [2.75, 3.05) is 20.6 Å². The maximum Gasteiger partial charge on any atom is 0.00239 e. The van der Waals surface area contributed by atoms with Crippen molar-refractivity contribution in [3.05, 3.63) is 0 Å². The maximum atomic E-state index is 2.24. The minimum absolute atomic E-state index is 0. The van der Waals surface area contributed by atoms with Gasteiger partial charge in [-0.25, -0.2) is 0 Å². The summed E-state index contributed by atoms with van der Waals surface area (Å²) in [6, 6.07) is 0. The van der Waals surface area contributed by atoms with Gasteiger partial charge in [0.1, 0.15) is 0 Å². The molecule has 0 rings (SSSR count). The summed E-state index contributed by atoms with van der Waals surface area (Å²) in [7, 11) is 4.20. The lowest BCUT2D eigenvalue weighted by Crippen LogP contribution is -2.25. The van der Waals surface area contributed by atoms with Gasteiger partial charge in [0.05, 0.1) is 0 Å². The third kappa shape index (κ3) is 25.3. The summed E-state index contributed by atoms with van der Waals surface area (Å²) < 4.78 is 0. The Morgan fingerprint density at radius 3 is 1.27 bits per heavy atom. The first-order valence-corrected chi connectivity index (χ1v) is 4.06. The zero-order valence-corrected chi connectivity index (χ0v) is 10.2. The lowest BCUT2D eigenvalue weighted by Gasteiger charge is -2.22. The minimum atomic E-state index is 0. The molecule has 72 valence electrons. The number of rotatable bonds is 1. The molecule has 0 N–H and O–H groups in total. The van der Waals surface area contributed by atoms with Crippen LogP contribution >= 0.6 is 13.5 Å². The van der Waals surface area contributed by atoms with Crippen molar-refractivity contribution in [3.8, 4) is 0 Å². The van der Waals surface area contributed by atoms with Crippen LogP contribution in [0.25, 0.3) is 0 Å². The molecule has 1 nitrogen and oxygen atoms in total. The fourth-order valence-corrected chi connectivity index (χ4v) is 0.949. The lowest BCUT2D eigenvalue weighted by atomic mass is 9.97. The van der Waals surface area contributed by atoms with Gasteiger partial charge in [0, 0.05) is 6.54 Å². The second-order valence-electron chi connectivity index (χ2n) is 3.80. The second kappa shape index (κ2) is 8.41. The molecule has 0 radical (unpaired) electrons. The third-order valence-corrected chi connectivity index (χ3v) is 0.791. The highest BCUT2D eigenvalue weighted by atomic mass is 32.1. The Hall–Kier alpha value is 0.310. The van der Waals surface area contributed by atoms with E-state index in [1.807, 2.05) is 13.8 Å². The molecule has 11 heavy (non-hydrogen) atoms. The zero-order chi connectivity index (χ0) is 8.78. The minimum Gasteiger partial charge on any atom is -0.309 e. The van der Waals surface area contributed by atoms with Crippen LogP contribution in [-0.4, -0.2) is 25.5 Å². The molecule has 0 aromatic heterocycles. The first-order chi connectivity index (χ1) is 4.42. The standard InChI is InChI=1S/C7H17N.C2H6.H2S/c1-7(2,3)6-8(4)5;1-2;/h6H2,1-5H3;1-2H3;1H2. The van der Waals surface area contributed by atoms with E-state index in [0.29, 0.717) is 5.41 Å². The average molecular weight is 179 g/mol. The molecular weight excluding hydrogens is 154 g/mol. The van der Waals surface area contributed by atoms with Crippen LogP contribution in [0, 0.1) is 5.41 Å². The van der Waals surface area contributed by atoms with Gasteiger partial charge in [0.15, 0.2) is 0 Å². The molecule has 0 saturated carbocycles. The van der Waals surface area contributed by atoms with Crippen LogP contribution in [-0.2, 0) is 0 Å². The van der Waals surface area contributed by atoms with Gasteiger partial charge in [-0.15, -0.1) is 0 Å². The van der Waals surface area contributed by atoms with E-state index in [4.69, 9.17) is 0 Å². The highest BCUT2D eigenvalue weighted by Crippen LogP contribution is 2.12. The molecule has 0 aliphatic heterocycles. The molecule has 0 fully saturated rings. The van der Waals surface area contributed by atoms with E-state index >= 15 is 0 Å². The van der Waals surface area contributed by atoms with Gasteiger partial charge in [-0.05, 0) is 19.5 Å². The van der Waals surface area contributed by atoms with Gasteiger partial charge >= 0.3 is 0 Å². The fourth-order valence-electron chi connectivity index (χ4n) is 0.949. The summed E-state index contributed by atoms with van der Waals surface area (Å²) >= 11 is 0. The first kappa shape index (κ1) is 17.4. The molecule has 0 aliphatic rings. The topological polar surface area (TPSA) is 3.24 Å². The van der Waals surface area contributed by atoms with E-state index in [1.54, 1.807) is 0 Å². The van der Waals surface area contributed by atoms with E-state index in [2.05, 4.69) is 39.8 Å². The van der Waals surface area contributed by atoms with E-state index in [1.165, 1.54) is 0 Å². The predicted molar refractivity (Wildman–Crippen MR) is 59.7 cm³/mol. The van der Waals surface area contributed by atoms with Crippen molar-refractivity contribution in [1.29, 1.82) is 0 Å². The highest BCUT2D eigenvalue weighted by Gasteiger charge is 2.09. The Bertz CT molecular complexity index is 64.5. The molecule has 0 unspecified atom stereocenters. The van der Waals surface area contributed by atoms with E-state index in [-0.39, 0.29) is 13.5 Å². The van der Waals surface area contributed by atoms with Crippen LogP contribution in [0.3, 0.4) is 0 Å². The molecule has 0 heterocycles. The lowest BCUT2D eigenvalue weighted by molar-refractivity contribution is 0.263. The number of nitrogens with zero attached hydrogens (tertiary/aromatic N) is 1. The van der Waals surface area contributed by atoms with Gasteiger partial charge < -0.3 is 4.90 Å².